The van der Waals surface area contributed by atoms with Crippen LogP contribution in [0, 0.1) is 22.7 Å². The van der Waals surface area contributed by atoms with E-state index in [2.05, 4.69) is 35.2 Å². The molecule has 3 aromatic rings. The molecule has 6 rings (SSSR count). The Morgan fingerprint density at radius 3 is 2.26 bits per heavy atom. The maximum Gasteiger partial charge on any atom is 0.186 e. The van der Waals surface area contributed by atoms with E-state index < -0.39 is 0 Å². The zero-order chi connectivity index (χ0) is 25.9. The molecule has 3 heterocycles. The van der Waals surface area contributed by atoms with Crippen LogP contribution >= 0.6 is 11.3 Å². The second-order valence-corrected chi connectivity index (χ2v) is 10.6. The number of benzene rings is 2. The Labute approximate surface area is 226 Å². The van der Waals surface area contributed by atoms with Crippen molar-refractivity contribution in [2.75, 3.05) is 18.0 Å². The largest absolute Gasteiger partial charge is 0.456 e. The van der Waals surface area contributed by atoms with E-state index in [-0.39, 0.29) is 5.57 Å². The average Bonchev–Trinajstić information content (AvgIpc) is 3.60. The third-order valence-corrected chi connectivity index (χ3v) is 8.26. The second-order valence-electron chi connectivity index (χ2n) is 9.59. The molecule has 1 aliphatic carbocycles. The second kappa shape index (κ2) is 10.5. The molecule has 38 heavy (non-hydrogen) atoms. The highest BCUT2D eigenvalue weighted by molar-refractivity contribution is 7.17. The molecule has 2 aromatic carbocycles. The van der Waals surface area contributed by atoms with Gasteiger partial charge in [-0.2, -0.15) is 10.5 Å². The molecule has 0 saturated carbocycles. The van der Waals surface area contributed by atoms with Crippen molar-refractivity contribution in [1.29, 1.82) is 10.5 Å². The molecule has 1 aromatic heterocycles. The van der Waals surface area contributed by atoms with Crippen LogP contribution in [0.25, 0.3) is 23.1 Å². The molecule has 5 nitrogen and oxygen atoms in total. The fourth-order valence-corrected chi connectivity index (χ4v) is 6.38. The maximum atomic E-state index is 9.70. The molecule has 0 atom stereocenters. The first-order valence-electron chi connectivity index (χ1n) is 13.0. The Morgan fingerprint density at radius 1 is 0.895 bits per heavy atom. The maximum absolute atomic E-state index is 9.70. The lowest BCUT2D eigenvalue weighted by molar-refractivity contribution is 0.388. The number of thiazole rings is 1. The number of piperidine rings is 1. The molecule has 6 heteroatoms. The van der Waals surface area contributed by atoms with Crippen molar-refractivity contribution in [3.05, 3.63) is 105 Å². The molecule has 2 aliphatic heterocycles. The van der Waals surface area contributed by atoms with Crippen LogP contribution in [0.4, 0.5) is 5.13 Å². The van der Waals surface area contributed by atoms with Gasteiger partial charge in [-0.05, 0) is 49.8 Å². The van der Waals surface area contributed by atoms with Crippen LogP contribution in [-0.2, 0) is 4.74 Å². The first-order chi connectivity index (χ1) is 18.7. The Hall–Kier alpha value is -4.39. The third-order valence-electron chi connectivity index (χ3n) is 7.20. The highest BCUT2D eigenvalue weighted by atomic mass is 32.1. The number of hydrogen-bond acceptors (Lipinski definition) is 6. The van der Waals surface area contributed by atoms with Crippen molar-refractivity contribution in [3.8, 4) is 23.4 Å². The third kappa shape index (κ3) is 4.56. The van der Waals surface area contributed by atoms with Gasteiger partial charge in [0.15, 0.2) is 5.13 Å². The number of hydrogen-bond donors (Lipinski definition) is 0. The minimum absolute atomic E-state index is 0.116. The van der Waals surface area contributed by atoms with Crippen molar-refractivity contribution in [2.45, 2.75) is 32.1 Å². The average molecular weight is 515 g/mol. The van der Waals surface area contributed by atoms with E-state index in [1.807, 2.05) is 54.6 Å². The van der Waals surface area contributed by atoms with Crippen molar-refractivity contribution in [1.82, 2.24) is 4.98 Å². The molecule has 0 radical (unpaired) electrons. The number of nitriles is 2. The zero-order valence-corrected chi connectivity index (χ0v) is 21.8. The summed E-state index contributed by atoms with van der Waals surface area (Å²) in [7, 11) is 0. The van der Waals surface area contributed by atoms with Gasteiger partial charge in [-0.15, -0.1) is 0 Å². The summed E-state index contributed by atoms with van der Waals surface area (Å²) in [4.78, 5) is 8.63. The van der Waals surface area contributed by atoms with Gasteiger partial charge in [0.2, 0.25) is 0 Å². The molecular formula is C32H26N4OS. The fourth-order valence-electron chi connectivity index (χ4n) is 5.27. The van der Waals surface area contributed by atoms with E-state index in [1.165, 1.54) is 19.3 Å². The zero-order valence-electron chi connectivity index (χ0n) is 21.0. The van der Waals surface area contributed by atoms with Crippen LogP contribution in [0.1, 0.15) is 42.5 Å². The minimum atomic E-state index is 0.116. The molecule has 0 unspecified atom stereocenters. The monoisotopic (exact) mass is 514 g/mol. The summed E-state index contributed by atoms with van der Waals surface area (Å²) in [5.74, 6) is 1.41. The van der Waals surface area contributed by atoms with E-state index in [0.717, 1.165) is 69.7 Å². The Balaban J connectivity index is 1.45. The SMILES string of the molecule is N#CC(C#N)=C1C=C(c2ccccc2)OC2=C1CC/C2=C\c1sc(N2CCCCC2)nc1-c1ccccc1. The quantitative estimate of drug-likeness (QED) is 0.334. The van der Waals surface area contributed by atoms with E-state index in [0.29, 0.717) is 11.3 Å². The highest BCUT2D eigenvalue weighted by Crippen LogP contribution is 2.46. The van der Waals surface area contributed by atoms with Crippen LogP contribution in [0.5, 0.6) is 0 Å². The number of nitrogens with zero attached hydrogens (tertiary/aromatic N) is 4. The lowest BCUT2D eigenvalue weighted by Crippen LogP contribution is -2.29. The van der Waals surface area contributed by atoms with Gasteiger partial charge in [0.05, 0.1) is 10.6 Å². The van der Waals surface area contributed by atoms with Crippen LogP contribution in [0.15, 0.2) is 94.8 Å². The van der Waals surface area contributed by atoms with Crippen LogP contribution < -0.4 is 4.90 Å². The molecule has 186 valence electrons. The lowest BCUT2D eigenvalue weighted by atomic mass is 9.96. The van der Waals surface area contributed by atoms with Crippen LogP contribution in [-0.4, -0.2) is 18.1 Å². The van der Waals surface area contributed by atoms with Crippen molar-refractivity contribution in [3.63, 3.8) is 0 Å². The predicted octanol–water partition coefficient (Wildman–Crippen LogP) is 7.65. The van der Waals surface area contributed by atoms with Crippen LogP contribution in [0.2, 0.25) is 0 Å². The van der Waals surface area contributed by atoms with Gasteiger partial charge >= 0.3 is 0 Å². The number of ether oxygens (including phenoxy) is 1. The van der Waals surface area contributed by atoms with Gasteiger partial charge in [0.1, 0.15) is 29.2 Å². The Bertz CT molecular complexity index is 1560. The van der Waals surface area contributed by atoms with Crippen molar-refractivity contribution >= 4 is 28.3 Å². The smallest absolute Gasteiger partial charge is 0.186 e. The molecule has 0 amide bonds. The van der Waals surface area contributed by atoms with E-state index in [1.54, 1.807) is 11.3 Å². The van der Waals surface area contributed by atoms with Crippen molar-refractivity contribution < 1.29 is 4.74 Å². The molecule has 3 aliphatic rings. The van der Waals surface area contributed by atoms with Gasteiger partial charge in [0.25, 0.3) is 0 Å². The van der Waals surface area contributed by atoms with E-state index >= 15 is 0 Å². The Morgan fingerprint density at radius 2 is 1.58 bits per heavy atom. The summed E-state index contributed by atoms with van der Waals surface area (Å²) in [6.07, 6.45) is 9.23. The number of aromatic nitrogens is 1. The molecule has 0 bridgehead atoms. The van der Waals surface area contributed by atoms with Gasteiger partial charge in [-0.1, -0.05) is 72.0 Å². The standard InChI is InChI=1S/C32H26N4OS/c33-20-25(21-34)27-19-28(22-10-4-1-5-11-22)37-31-24(14-15-26(27)31)18-29-30(23-12-6-2-7-13-23)35-32(38-29)36-16-8-3-9-17-36/h1-2,4-7,10-13,18-19H,3,8-9,14-17H2/b24-18+. The molecule has 1 fully saturated rings. The van der Waals surface area contributed by atoms with Gasteiger partial charge in [-0.3, -0.25) is 0 Å². The van der Waals surface area contributed by atoms with Gasteiger partial charge < -0.3 is 9.64 Å². The van der Waals surface area contributed by atoms with Gasteiger partial charge in [0, 0.05) is 35.4 Å². The topological polar surface area (TPSA) is 72.9 Å². The van der Waals surface area contributed by atoms with Gasteiger partial charge in [-0.25, -0.2) is 4.98 Å². The minimum Gasteiger partial charge on any atom is -0.456 e. The summed E-state index contributed by atoms with van der Waals surface area (Å²) < 4.78 is 6.51. The summed E-state index contributed by atoms with van der Waals surface area (Å²) in [5, 5.41) is 20.5. The molecule has 0 spiro atoms. The molecular weight excluding hydrogens is 488 g/mol. The first-order valence-corrected chi connectivity index (χ1v) is 13.8. The number of allylic oxidation sites excluding steroid dienone is 5. The highest BCUT2D eigenvalue weighted by Gasteiger charge is 2.31. The summed E-state index contributed by atoms with van der Waals surface area (Å²) in [6, 6.07) is 24.4. The summed E-state index contributed by atoms with van der Waals surface area (Å²) >= 11 is 1.73. The van der Waals surface area contributed by atoms with Crippen molar-refractivity contribution in [2.24, 2.45) is 0 Å². The van der Waals surface area contributed by atoms with E-state index in [9.17, 15) is 10.5 Å². The van der Waals surface area contributed by atoms with Crippen LogP contribution in [0.3, 0.4) is 0 Å². The van der Waals surface area contributed by atoms with E-state index in [4.69, 9.17) is 9.72 Å². The summed E-state index contributed by atoms with van der Waals surface area (Å²) in [6.45, 7) is 2.08. The number of rotatable bonds is 4. The fraction of sp³-hybridized carbons (Fsp3) is 0.219. The lowest BCUT2D eigenvalue weighted by Gasteiger charge is -2.25. The number of anilines is 1. The Kier molecular flexibility index (Phi) is 6.65. The normalized spacial score (nSPS) is 17.9. The molecule has 1 saturated heterocycles. The molecule has 0 N–H and O–H groups in total. The summed E-state index contributed by atoms with van der Waals surface area (Å²) in [5.41, 5.74) is 5.77. The first kappa shape index (κ1) is 24.0. The predicted molar refractivity (Wildman–Crippen MR) is 152 cm³/mol.